The summed E-state index contributed by atoms with van der Waals surface area (Å²) in [5.74, 6) is -0.0294. The highest BCUT2D eigenvalue weighted by atomic mass is 16.1. The minimum absolute atomic E-state index is 0.0294. The van der Waals surface area contributed by atoms with Crippen LogP contribution >= 0.6 is 0 Å². The van der Waals surface area contributed by atoms with E-state index in [1.165, 1.54) is 5.39 Å². The molecular formula is C20H20N2O. The lowest BCUT2D eigenvalue weighted by molar-refractivity contribution is -0.109. The van der Waals surface area contributed by atoms with Gasteiger partial charge in [-0.25, -0.2) is 0 Å². The Labute approximate surface area is 135 Å². The zero-order valence-corrected chi connectivity index (χ0v) is 13.5. The van der Waals surface area contributed by atoms with Crippen LogP contribution in [0.3, 0.4) is 0 Å². The zero-order chi connectivity index (χ0) is 16.0. The molecule has 2 heterocycles. The fraction of sp³-hybridized carbons (Fsp3) is 0.300. The van der Waals surface area contributed by atoms with Gasteiger partial charge in [0.1, 0.15) is 6.29 Å². The van der Waals surface area contributed by atoms with Crippen LogP contribution in [0, 0.1) is 5.41 Å². The summed E-state index contributed by atoms with van der Waals surface area (Å²) in [5, 5.41) is 1.18. The van der Waals surface area contributed by atoms with Gasteiger partial charge in [0.05, 0.1) is 5.69 Å². The fourth-order valence-electron chi connectivity index (χ4n) is 3.78. The number of carbonyl (C=O) groups excluding carboxylic acids is 1. The molecule has 1 aliphatic carbocycles. The number of aromatic amines is 1. The summed E-state index contributed by atoms with van der Waals surface area (Å²) in [6.45, 7) is 4.43. The highest BCUT2D eigenvalue weighted by molar-refractivity contribution is 5.94. The van der Waals surface area contributed by atoms with E-state index in [1.54, 1.807) is 0 Å². The topological polar surface area (TPSA) is 45.8 Å². The third-order valence-electron chi connectivity index (χ3n) is 4.86. The van der Waals surface area contributed by atoms with E-state index in [1.807, 2.05) is 24.4 Å². The van der Waals surface area contributed by atoms with E-state index < -0.39 is 0 Å². The molecule has 1 atom stereocenters. The summed E-state index contributed by atoms with van der Waals surface area (Å²) < 4.78 is 0. The van der Waals surface area contributed by atoms with Crippen LogP contribution < -0.4 is 0 Å². The van der Waals surface area contributed by atoms with Crippen LogP contribution in [0.25, 0.3) is 22.2 Å². The van der Waals surface area contributed by atoms with Gasteiger partial charge in [-0.2, -0.15) is 0 Å². The van der Waals surface area contributed by atoms with Crippen LogP contribution in [0.15, 0.2) is 42.6 Å². The number of pyridine rings is 1. The van der Waals surface area contributed by atoms with E-state index in [2.05, 4.69) is 37.0 Å². The Morgan fingerprint density at radius 2 is 2.04 bits per heavy atom. The largest absolute Gasteiger partial charge is 0.360 e. The number of hydrogen-bond donors (Lipinski definition) is 1. The number of nitrogens with zero attached hydrogens (tertiary/aromatic N) is 1. The van der Waals surface area contributed by atoms with Gasteiger partial charge in [0.15, 0.2) is 0 Å². The summed E-state index contributed by atoms with van der Waals surface area (Å²) in [7, 11) is 0. The molecule has 1 aromatic carbocycles. The highest BCUT2D eigenvalue weighted by Crippen LogP contribution is 2.41. The summed E-state index contributed by atoms with van der Waals surface area (Å²) in [6, 6.07) is 12.4. The molecule has 0 radical (unpaired) electrons. The summed E-state index contributed by atoms with van der Waals surface area (Å²) in [5.41, 5.74) is 5.50. The lowest BCUT2D eigenvalue weighted by Crippen LogP contribution is -2.27. The van der Waals surface area contributed by atoms with Gasteiger partial charge in [0, 0.05) is 34.3 Å². The second-order valence-corrected chi connectivity index (χ2v) is 7.27. The van der Waals surface area contributed by atoms with Crippen molar-refractivity contribution in [3.63, 3.8) is 0 Å². The molecule has 3 heteroatoms. The van der Waals surface area contributed by atoms with Gasteiger partial charge in [-0.05, 0) is 36.0 Å². The van der Waals surface area contributed by atoms with E-state index in [9.17, 15) is 4.79 Å². The number of rotatable bonds is 2. The molecule has 116 valence electrons. The number of fused-ring (bicyclic) bond motifs is 2. The molecule has 23 heavy (non-hydrogen) atoms. The fourth-order valence-corrected chi connectivity index (χ4v) is 3.78. The number of H-pyrrole nitrogens is 1. The normalized spacial score (nSPS) is 19.5. The van der Waals surface area contributed by atoms with Crippen molar-refractivity contribution in [3.8, 4) is 11.3 Å². The molecule has 4 rings (SSSR count). The maximum atomic E-state index is 11.5. The Kier molecular flexibility index (Phi) is 3.12. The standard InChI is InChI=1S/C20H20N2O/c1-20(2)9-13(12-23)14-7-8-18(22-19(14)10-20)16-11-21-17-6-4-3-5-15(16)17/h3-8,11-13,21H,9-10H2,1-2H3. The van der Waals surface area contributed by atoms with Gasteiger partial charge < -0.3 is 9.78 Å². The molecule has 0 bridgehead atoms. The second-order valence-electron chi connectivity index (χ2n) is 7.27. The third kappa shape index (κ3) is 2.37. The number of benzene rings is 1. The van der Waals surface area contributed by atoms with Crippen LogP contribution in [-0.4, -0.2) is 16.3 Å². The monoisotopic (exact) mass is 304 g/mol. The molecule has 1 unspecified atom stereocenters. The van der Waals surface area contributed by atoms with Crippen molar-refractivity contribution in [2.75, 3.05) is 0 Å². The molecule has 0 fully saturated rings. The number of aromatic nitrogens is 2. The molecular weight excluding hydrogens is 284 g/mol. The molecule has 3 aromatic rings. The quantitative estimate of drug-likeness (QED) is 0.709. The Hall–Kier alpha value is -2.42. The van der Waals surface area contributed by atoms with Crippen molar-refractivity contribution in [1.29, 1.82) is 0 Å². The van der Waals surface area contributed by atoms with Crippen molar-refractivity contribution in [2.24, 2.45) is 5.41 Å². The molecule has 2 aromatic heterocycles. The van der Waals surface area contributed by atoms with Crippen LogP contribution in [-0.2, 0) is 11.2 Å². The predicted octanol–water partition coefficient (Wildman–Crippen LogP) is 4.48. The molecule has 1 aliphatic rings. The summed E-state index contributed by atoms with van der Waals surface area (Å²) in [6.07, 6.45) is 4.91. The first kappa shape index (κ1) is 14.2. The van der Waals surface area contributed by atoms with Crippen molar-refractivity contribution >= 4 is 17.2 Å². The van der Waals surface area contributed by atoms with Gasteiger partial charge in [-0.3, -0.25) is 4.98 Å². The molecule has 0 spiro atoms. The number of nitrogens with one attached hydrogen (secondary N) is 1. The second kappa shape index (κ2) is 5.05. The SMILES string of the molecule is CC1(C)Cc2nc(-c3c[nH]c4ccccc34)ccc2C(C=O)C1. The molecule has 0 aliphatic heterocycles. The Morgan fingerprint density at radius 3 is 2.87 bits per heavy atom. The minimum atomic E-state index is -0.0294. The number of carbonyl (C=O) groups is 1. The van der Waals surface area contributed by atoms with Gasteiger partial charge in [0.25, 0.3) is 0 Å². The average molecular weight is 304 g/mol. The van der Waals surface area contributed by atoms with Crippen molar-refractivity contribution in [1.82, 2.24) is 9.97 Å². The molecule has 0 saturated carbocycles. The Morgan fingerprint density at radius 1 is 1.22 bits per heavy atom. The van der Waals surface area contributed by atoms with Crippen LogP contribution in [0.1, 0.15) is 37.4 Å². The van der Waals surface area contributed by atoms with Crippen molar-refractivity contribution in [2.45, 2.75) is 32.6 Å². The van der Waals surface area contributed by atoms with Gasteiger partial charge in [0.2, 0.25) is 0 Å². The first-order valence-electron chi connectivity index (χ1n) is 8.09. The van der Waals surface area contributed by atoms with E-state index >= 15 is 0 Å². The Bertz CT molecular complexity index is 892. The molecule has 3 nitrogen and oxygen atoms in total. The number of para-hydroxylation sites is 1. The van der Waals surface area contributed by atoms with Crippen molar-refractivity contribution < 1.29 is 4.79 Å². The van der Waals surface area contributed by atoms with Gasteiger partial charge in [-0.15, -0.1) is 0 Å². The maximum absolute atomic E-state index is 11.5. The summed E-state index contributed by atoms with van der Waals surface area (Å²) in [4.78, 5) is 19.7. The van der Waals surface area contributed by atoms with Gasteiger partial charge in [-0.1, -0.05) is 38.1 Å². The van der Waals surface area contributed by atoms with Crippen LogP contribution in [0.2, 0.25) is 0 Å². The predicted molar refractivity (Wildman–Crippen MR) is 92.4 cm³/mol. The number of hydrogen-bond acceptors (Lipinski definition) is 2. The lowest BCUT2D eigenvalue weighted by Gasteiger charge is -2.34. The number of aldehydes is 1. The van der Waals surface area contributed by atoms with Crippen LogP contribution in [0.5, 0.6) is 0 Å². The smallest absolute Gasteiger partial charge is 0.127 e. The van der Waals surface area contributed by atoms with Gasteiger partial charge >= 0.3 is 0 Å². The summed E-state index contributed by atoms with van der Waals surface area (Å²) >= 11 is 0. The average Bonchev–Trinajstić information content (AvgIpc) is 2.96. The lowest BCUT2D eigenvalue weighted by atomic mass is 9.71. The Balaban J connectivity index is 1.85. The van der Waals surface area contributed by atoms with E-state index in [-0.39, 0.29) is 11.3 Å². The van der Waals surface area contributed by atoms with E-state index in [0.717, 1.165) is 47.2 Å². The first-order valence-corrected chi connectivity index (χ1v) is 8.09. The highest BCUT2D eigenvalue weighted by Gasteiger charge is 2.33. The first-order chi connectivity index (χ1) is 11.1. The van der Waals surface area contributed by atoms with E-state index in [0.29, 0.717) is 0 Å². The van der Waals surface area contributed by atoms with E-state index in [4.69, 9.17) is 4.98 Å². The molecule has 0 saturated heterocycles. The van der Waals surface area contributed by atoms with Crippen LogP contribution in [0.4, 0.5) is 0 Å². The molecule has 1 N–H and O–H groups in total. The third-order valence-corrected chi connectivity index (χ3v) is 4.86. The minimum Gasteiger partial charge on any atom is -0.360 e. The van der Waals surface area contributed by atoms with Crippen molar-refractivity contribution in [3.05, 3.63) is 53.9 Å². The zero-order valence-electron chi connectivity index (χ0n) is 13.5. The maximum Gasteiger partial charge on any atom is 0.127 e. The molecule has 0 amide bonds.